The van der Waals surface area contributed by atoms with Crippen LogP contribution >= 0.6 is 0 Å². The fraction of sp³-hybridized carbons (Fsp3) is 0.412. The van der Waals surface area contributed by atoms with Crippen LogP contribution in [0.4, 0.5) is 10.5 Å². The Labute approximate surface area is 145 Å². The second-order valence-corrected chi connectivity index (χ2v) is 5.58. The van der Waals surface area contributed by atoms with Crippen molar-refractivity contribution in [1.82, 2.24) is 10.6 Å². The monoisotopic (exact) mass is 347 g/mol. The lowest BCUT2D eigenvalue weighted by molar-refractivity contribution is -0.124. The summed E-state index contributed by atoms with van der Waals surface area (Å²) in [6.07, 6.45) is 0.806. The molecule has 0 aliphatic carbocycles. The Morgan fingerprint density at radius 2 is 1.80 bits per heavy atom. The lowest BCUT2D eigenvalue weighted by Crippen LogP contribution is -2.41. The second-order valence-electron chi connectivity index (χ2n) is 5.58. The Morgan fingerprint density at radius 3 is 2.48 bits per heavy atom. The molecule has 134 valence electrons. The average molecular weight is 347 g/mol. The predicted octanol–water partition coefficient (Wildman–Crippen LogP) is -0.563. The van der Waals surface area contributed by atoms with Crippen molar-refractivity contribution in [2.45, 2.75) is 30.8 Å². The third-order valence-corrected chi connectivity index (χ3v) is 3.73. The number of rotatable bonds is 6. The molecule has 8 nitrogen and oxygen atoms in total. The molecule has 25 heavy (non-hydrogen) atoms. The van der Waals surface area contributed by atoms with Crippen LogP contribution in [0, 0.1) is 12.3 Å². The van der Waals surface area contributed by atoms with E-state index >= 15 is 0 Å². The molecule has 3 amide bonds. The van der Waals surface area contributed by atoms with E-state index in [4.69, 9.17) is 11.2 Å². The quantitative estimate of drug-likeness (QED) is 0.442. The third-order valence-electron chi connectivity index (χ3n) is 3.73. The van der Waals surface area contributed by atoms with Crippen LogP contribution < -0.4 is 16.0 Å². The van der Waals surface area contributed by atoms with E-state index in [9.17, 15) is 19.8 Å². The highest BCUT2D eigenvalue weighted by Gasteiger charge is 2.43. The zero-order valence-electron chi connectivity index (χ0n) is 13.5. The summed E-state index contributed by atoms with van der Waals surface area (Å²) < 4.78 is 5.48. The fourth-order valence-electron chi connectivity index (χ4n) is 2.46. The molecule has 1 aliphatic rings. The van der Waals surface area contributed by atoms with E-state index in [0.29, 0.717) is 5.69 Å². The number of hydrogen-bond donors (Lipinski definition) is 5. The largest absolute Gasteiger partial charge is 0.388 e. The number of terminal acetylenes is 1. The number of ether oxygens (including phenoxy) is 1. The Balaban J connectivity index is 1.79. The summed E-state index contributed by atoms with van der Waals surface area (Å²) in [6, 6.07) is 8.39. The molecule has 1 aromatic carbocycles. The summed E-state index contributed by atoms with van der Waals surface area (Å²) in [7, 11) is 0. The molecule has 0 bridgehead atoms. The van der Waals surface area contributed by atoms with E-state index in [1.54, 1.807) is 24.3 Å². The minimum atomic E-state index is -1.22. The highest BCUT2D eigenvalue weighted by atomic mass is 16.5. The predicted molar refractivity (Wildman–Crippen MR) is 90.6 cm³/mol. The van der Waals surface area contributed by atoms with Gasteiger partial charge in [-0.1, -0.05) is 24.1 Å². The van der Waals surface area contributed by atoms with Crippen LogP contribution in [-0.2, 0) is 9.53 Å². The van der Waals surface area contributed by atoms with Gasteiger partial charge in [0.05, 0.1) is 19.1 Å². The van der Waals surface area contributed by atoms with Gasteiger partial charge in [0.2, 0.25) is 5.91 Å². The summed E-state index contributed by atoms with van der Waals surface area (Å²) in [5, 5.41) is 27.6. The maximum atomic E-state index is 11.8. The van der Waals surface area contributed by atoms with E-state index in [0.717, 1.165) is 0 Å². The topological polar surface area (TPSA) is 120 Å². The molecule has 1 aromatic rings. The maximum absolute atomic E-state index is 11.8. The summed E-state index contributed by atoms with van der Waals surface area (Å²) in [6.45, 7) is 0.0637. The van der Waals surface area contributed by atoms with E-state index in [1.807, 2.05) is 6.07 Å². The summed E-state index contributed by atoms with van der Waals surface area (Å²) in [5.74, 6) is 1.88. The number of amides is 3. The second kappa shape index (κ2) is 9.03. The molecule has 0 aromatic heterocycles. The van der Waals surface area contributed by atoms with Gasteiger partial charge in [0.15, 0.2) is 0 Å². The van der Waals surface area contributed by atoms with Crippen LogP contribution in [0.5, 0.6) is 0 Å². The number of benzene rings is 1. The van der Waals surface area contributed by atoms with E-state index in [2.05, 4.69) is 21.9 Å². The molecule has 1 saturated heterocycles. The number of aliphatic hydroxyl groups is 2. The molecule has 0 unspecified atom stereocenters. The highest BCUT2D eigenvalue weighted by molar-refractivity contribution is 5.89. The van der Waals surface area contributed by atoms with Gasteiger partial charge in [-0.3, -0.25) is 4.79 Å². The molecule has 0 spiro atoms. The van der Waals surface area contributed by atoms with Gasteiger partial charge in [0.1, 0.15) is 18.3 Å². The SMILES string of the molecule is C#CCNC(=O)C[C@H]1O[C@H](CNC(=O)Nc2ccccc2)[C@@H](O)[C@H]1O. The van der Waals surface area contributed by atoms with Crippen molar-refractivity contribution in [3.8, 4) is 12.3 Å². The van der Waals surface area contributed by atoms with Crippen LogP contribution in [0.3, 0.4) is 0 Å². The average Bonchev–Trinajstić information content (AvgIpc) is 2.87. The Kier molecular flexibility index (Phi) is 6.77. The molecule has 8 heteroatoms. The normalized spacial score (nSPS) is 25.0. The first-order valence-corrected chi connectivity index (χ1v) is 7.83. The molecular formula is C17H21N3O5. The zero-order valence-corrected chi connectivity index (χ0v) is 13.5. The molecule has 1 fully saturated rings. The van der Waals surface area contributed by atoms with Gasteiger partial charge in [-0.2, -0.15) is 0 Å². The van der Waals surface area contributed by atoms with Crippen molar-refractivity contribution >= 4 is 17.6 Å². The summed E-state index contributed by atoms with van der Waals surface area (Å²) in [4.78, 5) is 23.5. The lowest BCUT2D eigenvalue weighted by atomic mass is 10.1. The first kappa shape index (κ1) is 18.7. The number of nitrogens with one attached hydrogen (secondary N) is 3. The standard InChI is InChI=1S/C17H21N3O5/c1-2-8-18-14(21)9-12-15(22)16(23)13(25-12)10-19-17(24)20-11-6-4-3-5-7-11/h1,3-7,12-13,15-16,22-23H,8-10H2,(H,18,21)(H2,19,20,24)/t12-,13-,15+,16-/m1/s1. The van der Waals surface area contributed by atoms with Crippen molar-refractivity contribution in [3.63, 3.8) is 0 Å². The lowest BCUT2D eigenvalue weighted by Gasteiger charge is -2.15. The molecule has 2 rings (SSSR count). The van der Waals surface area contributed by atoms with Crippen LogP contribution in [0.2, 0.25) is 0 Å². The van der Waals surface area contributed by atoms with Gasteiger partial charge in [-0.15, -0.1) is 6.42 Å². The molecule has 1 heterocycles. The van der Waals surface area contributed by atoms with Crippen LogP contribution in [0.1, 0.15) is 6.42 Å². The number of carbonyl (C=O) groups excluding carboxylic acids is 2. The minimum absolute atomic E-state index is 0.0145. The third kappa shape index (κ3) is 5.46. The minimum Gasteiger partial charge on any atom is -0.388 e. The first-order valence-electron chi connectivity index (χ1n) is 7.83. The van der Waals surface area contributed by atoms with Crippen LogP contribution in [0.15, 0.2) is 30.3 Å². The number of anilines is 1. The Hall–Kier alpha value is -2.60. The van der Waals surface area contributed by atoms with Gasteiger partial charge in [-0.05, 0) is 12.1 Å². The Morgan fingerprint density at radius 1 is 1.12 bits per heavy atom. The summed E-state index contributed by atoms with van der Waals surface area (Å²) in [5.41, 5.74) is 0.621. The first-order chi connectivity index (χ1) is 12.0. The summed E-state index contributed by atoms with van der Waals surface area (Å²) >= 11 is 0. The van der Waals surface area contributed by atoms with Gasteiger partial charge in [0.25, 0.3) is 0 Å². The van der Waals surface area contributed by atoms with E-state index < -0.39 is 30.4 Å². The number of urea groups is 1. The van der Waals surface area contributed by atoms with Crippen molar-refractivity contribution < 1.29 is 24.5 Å². The maximum Gasteiger partial charge on any atom is 0.319 e. The van der Waals surface area contributed by atoms with Gasteiger partial charge in [0, 0.05) is 12.2 Å². The number of hydrogen-bond acceptors (Lipinski definition) is 5. The van der Waals surface area contributed by atoms with E-state index in [1.165, 1.54) is 0 Å². The smallest absolute Gasteiger partial charge is 0.319 e. The van der Waals surface area contributed by atoms with Crippen molar-refractivity contribution in [2.75, 3.05) is 18.4 Å². The number of aliphatic hydroxyl groups excluding tert-OH is 2. The number of carbonyl (C=O) groups is 2. The van der Waals surface area contributed by atoms with Crippen molar-refractivity contribution in [3.05, 3.63) is 30.3 Å². The van der Waals surface area contributed by atoms with Crippen molar-refractivity contribution in [1.29, 1.82) is 0 Å². The fourth-order valence-corrected chi connectivity index (χ4v) is 2.46. The number of para-hydroxylation sites is 1. The van der Waals surface area contributed by atoms with Gasteiger partial charge in [-0.25, -0.2) is 4.79 Å². The zero-order chi connectivity index (χ0) is 18.2. The molecule has 0 saturated carbocycles. The van der Waals surface area contributed by atoms with Gasteiger partial charge >= 0.3 is 6.03 Å². The molecule has 4 atom stereocenters. The van der Waals surface area contributed by atoms with Crippen LogP contribution in [-0.4, -0.2) is 59.7 Å². The molecule has 1 aliphatic heterocycles. The highest BCUT2D eigenvalue weighted by Crippen LogP contribution is 2.23. The van der Waals surface area contributed by atoms with Crippen LogP contribution in [0.25, 0.3) is 0 Å². The molecular weight excluding hydrogens is 326 g/mol. The molecule has 5 N–H and O–H groups in total. The van der Waals surface area contributed by atoms with Gasteiger partial charge < -0.3 is 30.9 Å². The molecule has 0 radical (unpaired) electrons. The van der Waals surface area contributed by atoms with E-state index in [-0.39, 0.29) is 25.4 Å². The van der Waals surface area contributed by atoms with Crippen molar-refractivity contribution in [2.24, 2.45) is 0 Å². The Bertz CT molecular complexity index is 631.